The standard InChI is InChI=1S/C15H23N3O/c1-12-7-6-8-13(17-12)18-14(19)15(11-16)9-4-2-3-5-10-15/h6-8H,2-5,9-11,16H2,1H3,(H,17,18,19). The van der Waals surface area contributed by atoms with Gasteiger partial charge in [-0.3, -0.25) is 4.79 Å². The van der Waals surface area contributed by atoms with Crippen LogP contribution in [0.5, 0.6) is 0 Å². The fourth-order valence-electron chi connectivity index (χ4n) is 2.79. The summed E-state index contributed by atoms with van der Waals surface area (Å²) >= 11 is 0. The average molecular weight is 261 g/mol. The van der Waals surface area contributed by atoms with Crippen LogP contribution < -0.4 is 11.1 Å². The normalized spacial score (nSPS) is 18.6. The summed E-state index contributed by atoms with van der Waals surface area (Å²) < 4.78 is 0. The lowest BCUT2D eigenvalue weighted by Gasteiger charge is -2.29. The summed E-state index contributed by atoms with van der Waals surface area (Å²) in [6, 6.07) is 5.64. The highest BCUT2D eigenvalue weighted by Crippen LogP contribution is 2.35. The van der Waals surface area contributed by atoms with E-state index in [1.807, 2.05) is 25.1 Å². The first-order valence-corrected chi connectivity index (χ1v) is 7.11. The van der Waals surface area contributed by atoms with Crippen LogP contribution in [0.1, 0.15) is 44.2 Å². The Balaban J connectivity index is 2.12. The number of hydrogen-bond acceptors (Lipinski definition) is 3. The Morgan fingerprint density at radius 3 is 2.58 bits per heavy atom. The molecule has 1 aromatic rings. The Labute approximate surface area is 114 Å². The van der Waals surface area contributed by atoms with Crippen molar-refractivity contribution >= 4 is 11.7 Å². The molecule has 0 radical (unpaired) electrons. The van der Waals surface area contributed by atoms with Gasteiger partial charge in [-0.25, -0.2) is 4.98 Å². The maximum atomic E-state index is 12.6. The molecule has 0 bridgehead atoms. The lowest BCUT2D eigenvalue weighted by Crippen LogP contribution is -2.42. The van der Waals surface area contributed by atoms with E-state index in [-0.39, 0.29) is 5.91 Å². The SMILES string of the molecule is Cc1cccc(NC(=O)C2(CN)CCCCCC2)n1. The number of nitrogens with two attached hydrogens (primary N) is 1. The summed E-state index contributed by atoms with van der Waals surface area (Å²) in [4.78, 5) is 16.9. The summed E-state index contributed by atoms with van der Waals surface area (Å²) in [6.45, 7) is 2.34. The van der Waals surface area contributed by atoms with Crippen molar-refractivity contribution in [1.29, 1.82) is 0 Å². The lowest BCUT2D eigenvalue weighted by molar-refractivity contribution is -0.125. The fourth-order valence-corrected chi connectivity index (χ4v) is 2.79. The third-order valence-electron chi connectivity index (χ3n) is 4.06. The second-order valence-corrected chi connectivity index (χ2v) is 5.52. The summed E-state index contributed by atoms with van der Waals surface area (Å²) in [5, 5.41) is 2.94. The van der Waals surface area contributed by atoms with Crippen LogP contribution in [0.2, 0.25) is 0 Å². The topological polar surface area (TPSA) is 68.0 Å². The van der Waals surface area contributed by atoms with E-state index in [0.717, 1.165) is 31.4 Å². The fraction of sp³-hybridized carbons (Fsp3) is 0.600. The molecular weight excluding hydrogens is 238 g/mol. The zero-order chi connectivity index (χ0) is 13.7. The van der Waals surface area contributed by atoms with E-state index in [1.54, 1.807) is 0 Å². The van der Waals surface area contributed by atoms with Crippen molar-refractivity contribution in [2.24, 2.45) is 11.1 Å². The predicted octanol–water partition coefficient (Wildman–Crippen LogP) is 2.63. The first-order chi connectivity index (χ1) is 9.16. The molecule has 0 aromatic carbocycles. The minimum absolute atomic E-state index is 0.0370. The molecule has 3 N–H and O–H groups in total. The zero-order valence-electron chi connectivity index (χ0n) is 11.6. The van der Waals surface area contributed by atoms with Crippen molar-refractivity contribution in [1.82, 2.24) is 4.98 Å². The van der Waals surface area contributed by atoms with E-state index in [1.165, 1.54) is 12.8 Å². The van der Waals surface area contributed by atoms with Gasteiger partial charge in [-0.2, -0.15) is 0 Å². The van der Waals surface area contributed by atoms with Crippen LogP contribution >= 0.6 is 0 Å². The van der Waals surface area contributed by atoms with Crippen LogP contribution in [0.15, 0.2) is 18.2 Å². The van der Waals surface area contributed by atoms with Crippen molar-refractivity contribution in [2.75, 3.05) is 11.9 Å². The van der Waals surface area contributed by atoms with Gasteiger partial charge in [-0.1, -0.05) is 31.7 Å². The first-order valence-electron chi connectivity index (χ1n) is 7.11. The van der Waals surface area contributed by atoms with Gasteiger partial charge in [0.1, 0.15) is 5.82 Å². The van der Waals surface area contributed by atoms with Gasteiger partial charge in [-0.05, 0) is 31.9 Å². The van der Waals surface area contributed by atoms with Crippen molar-refractivity contribution < 1.29 is 4.79 Å². The molecule has 1 fully saturated rings. The van der Waals surface area contributed by atoms with Crippen molar-refractivity contribution in [3.8, 4) is 0 Å². The summed E-state index contributed by atoms with van der Waals surface area (Å²) in [5.41, 5.74) is 6.41. The van der Waals surface area contributed by atoms with Gasteiger partial charge in [0.25, 0.3) is 0 Å². The van der Waals surface area contributed by atoms with Crippen LogP contribution in [0.3, 0.4) is 0 Å². The quantitative estimate of drug-likeness (QED) is 0.822. The van der Waals surface area contributed by atoms with Gasteiger partial charge in [0.15, 0.2) is 0 Å². The van der Waals surface area contributed by atoms with Gasteiger partial charge in [0, 0.05) is 12.2 Å². The van der Waals surface area contributed by atoms with Crippen LogP contribution in [0.4, 0.5) is 5.82 Å². The molecular formula is C15H23N3O. The molecule has 104 valence electrons. The van der Waals surface area contributed by atoms with Crippen molar-refractivity contribution in [2.45, 2.75) is 45.4 Å². The predicted molar refractivity (Wildman–Crippen MR) is 76.8 cm³/mol. The molecule has 1 amide bonds. The third-order valence-corrected chi connectivity index (χ3v) is 4.06. The molecule has 0 saturated heterocycles. The molecule has 2 rings (SSSR count). The highest BCUT2D eigenvalue weighted by molar-refractivity contribution is 5.94. The number of anilines is 1. The average Bonchev–Trinajstić information content (AvgIpc) is 2.65. The number of carbonyl (C=O) groups is 1. The lowest BCUT2D eigenvalue weighted by atomic mass is 9.79. The summed E-state index contributed by atoms with van der Waals surface area (Å²) in [6.07, 6.45) is 6.37. The Morgan fingerprint density at radius 1 is 1.32 bits per heavy atom. The van der Waals surface area contributed by atoms with Gasteiger partial charge in [-0.15, -0.1) is 0 Å². The summed E-state index contributed by atoms with van der Waals surface area (Å²) in [5.74, 6) is 0.664. The molecule has 0 spiro atoms. The molecule has 1 aliphatic rings. The Morgan fingerprint density at radius 2 is 2.00 bits per heavy atom. The largest absolute Gasteiger partial charge is 0.329 e. The van der Waals surface area contributed by atoms with E-state index in [9.17, 15) is 4.79 Å². The van der Waals surface area contributed by atoms with Crippen molar-refractivity contribution in [3.05, 3.63) is 23.9 Å². The third kappa shape index (κ3) is 3.32. The Bertz CT molecular complexity index is 437. The monoisotopic (exact) mass is 261 g/mol. The number of amides is 1. The number of aryl methyl sites for hydroxylation is 1. The van der Waals surface area contributed by atoms with Crippen LogP contribution in [-0.4, -0.2) is 17.4 Å². The Kier molecular flexibility index (Phi) is 4.53. The molecule has 0 unspecified atom stereocenters. The maximum Gasteiger partial charge on any atom is 0.233 e. The molecule has 4 nitrogen and oxygen atoms in total. The van der Waals surface area contributed by atoms with Crippen LogP contribution in [0, 0.1) is 12.3 Å². The second-order valence-electron chi connectivity index (χ2n) is 5.52. The smallest absolute Gasteiger partial charge is 0.233 e. The Hall–Kier alpha value is -1.42. The number of nitrogens with one attached hydrogen (secondary N) is 1. The summed E-state index contributed by atoms with van der Waals surface area (Å²) in [7, 11) is 0. The number of pyridine rings is 1. The van der Waals surface area contributed by atoms with E-state index >= 15 is 0 Å². The maximum absolute atomic E-state index is 12.6. The molecule has 1 saturated carbocycles. The van der Waals surface area contributed by atoms with E-state index in [4.69, 9.17) is 5.73 Å². The van der Waals surface area contributed by atoms with Gasteiger partial charge < -0.3 is 11.1 Å². The van der Waals surface area contributed by atoms with Gasteiger partial charge in [0.2, 0.25) is 5.91 Å². The van der Waals surface area contributed by atoms with Gasteiger partial charge >= 0.3 is 0 Å². The minimum atomic E-state index is -0.401. The molecule has 19 heavy (non-hydrogen) atoms. The van der Waals surface area contributed by atoms with Crippen LogP contribution in [-0.2, 0) is 4.79 Å². The molecule has 0 atom stereocenters. The number of rotatable bonds is 3. The first kappa shape index (κ1) is 14.0. The number of aromatic nitrogens is 1. The molecule has 1 aromatic heterocycles. The number of hydrogen-bond donors (Lipinski definition) is 2. The highest BCUT2D eigenvalue weighted by atomic mass is 16.2. The van der Waals surface area contributed by atoms with E-state index in [0.29, 0.717) is 12.4 Å². The molecule has 4 heteroatoms. The molecule has 1 heterocycles. The van der Waals surface area contributed by atoms with Crippen molar-refractivity contribution in [3.63, 3.8) is 0 Å². The second kappa shape index (κ2) is 6.15. The van der Waals surface area contributed by atoms with E-state index < -0.39 is 5.41 Å². The van der Waals surface area contributed by atoms with E-state index in [2.05, 4.69) is 10.3 Å². The number of carbonyl (C=O) groups excluding carboxylic acids is 1. The zero-order valence-corrected chi connectivity index (χ0v) is 11.6. The van der Waals surface area contributed by atoms with Gasteiger partial charge in [0.05, 0.1) is 5.41 Å². The minimum Gasteiger partial charge on any atom is -0.329 e. The molecule has 1 aliphatic carbocycles. The van der Waals surface area contributed by atoms with Crippen LogP contribution in [0.25, 0.3) is 0 Å². The molecule has 0 aliphatic heterocycles. The number of nitrogens with zero attached hydrogens (tertiary/aromatic N) is 1. The highest BCUT2D eigenvalue weighted by Gasteiger charge is 2.37.